The van der Waals surface area contributed by atoms with E-state index in [2.05, 4.69) is 15.9 Å². The van der Waals surface area contributed by atoms with Crippen molar-refractivity contribution in [3.63, 3.8) is 0 Å². The van der Waals surface area contributed by atoms with Gasteiger partial charge in [-0.2, -0.15) is 0 Å². The third-order valence-electron chi connectivity index (χ3n) is 5.01. The van der Waals surface area contributed by atoms with Crippen LogP contribution in [0.4, 0.5) is 0 Å². The predicted molar refractivity (Wildman–Crippen MR) is 90.5 cm³/mol. The summed E-state index contributed by atoms with van der Waals surface area (Å²) in [5.41, 5.74) is 2.11. The minimum atomic E-state index is 0. The third kappa shape index (κ3) is 5.16. The molecule has 0 aromatic carbocycles. The van der Waals surface area contributed by atoms with Crippen LogP contribution in [0.5, 0.6) is 0 Å². The molecular formula is C17H28ClN3OS. The molecule has 3 rings (SSSR count). The van der Waals surface area contributed by atoms with Crippen LogP contribution >= 0.6 is 11.3 Å². The monoisotopic (exact) mass is 357 g/mol. The molecule has 1 aromatic rings. The Balaban J connectivity index is 0.00000192. The molecule has 2 N–H and O–H groups in total. The number of oxime groups is 1. The van der Waals surface area contributed by atoms with Crippen molar-refractivity contribution in [3.05, 3.63) is 16.1 Å². The fraction of sp³-hybridized carbons (Fsp3) is 0.765. The molecule has 1 aliphatic heterocycles. The van der Waals surface area contributed by atoms with Gasteiger partial charge in [0, 0.05) is 24.1 Å². The fourth-order valence-corrected chi connectivity index (χ4v) is 4.75. The Morgan fingerprint density at radius 3 is 2.70 bits per heavy atom. The summed E-state index contributed by atoms with van der Waals surface area (Å²) in [4.78, 5) is 10.0. The number of thiazole rings is 1. The summed E-state index contributed by atoms with van der Waals surface area (Å²) in [7, 11) is 1.64. The molecule has 1 aliphatic carbocycles. The number of rotatable bonds is 5. The largest absolute Gasteiger partial charge is 1.00 e. The average molecular weight is 358 g/mol. The zero-order chi connectivity index (χ0) is 15.2. The first kappa shape index (κ1) is 18.7. The number of nitrogens with two attached hydrogens (primary N) is 1. The van der Waals surface area contributed by atoms with Crippen molar-refractivity contribution < 1.29 is 22.6 Å². The lowest BCUT2D eigenvalue weighted by molar-refractivity contribution is -0.663. The summed E-state index contributed by atoms with van der Waals surface area (Å²) in [5.74, 6) is 1.42. The van der Waals surface area contributed by atoms with E-state index in [-0.39, 0.29) is 12.4 Å². The van der Waals surface area contributed by atoms with Crippen LogP contribution in [0, 0.1) is 5.92 Å². The van der Waals surface area contributed by atoms with Crippen LogP contribution in [0.1, 0.15) is 68.0 Å². The molecule has 0 unspecified atom stereocenters. The first-order chi connectivity index (χ1) is 10.9. The van der Waals surface area contributed by atoms with Crippen LogP contribution in [0.25, 0.3) is 0 Å². The van der Waals surface area contributed by atoms with Crippen LogP contribution < -0.4 is 17.7 Å². The van der Waals surface area contributed by atoms with Gasteiger partial charge in [-0.15, -0.1) is 11.3 Å². The van der Waals surface area contributed by atoms with Crippen molar-refractivity contribution in [1.29, 1.82) is 0 Å². The van der Waals surface area contributed by atoms with Crippen LogP contribution in [0.2, 0.25) is 0 Å². The molecule has 6 heteroatoms. The van der Waals surface area contributed by atoms with Crippen molar-refractivity contribution in [2.45, 2.75) is 57.3 Å². The van der Waals surface area contributed by atoms with Gasteiger partial charge in [0.05, 0.1) is 23.8 Å². The lowest BCUT2D eigenvalue weighted by Crippen LogP contribution is -3.00. The molecule has 23 heavy (non-hydrogen) atoms. The summed E-state index contributed by atoms with van der Waals surface area (Å²) >= 11 is 1.81. The van der Waals surface area contributed by atoms with Crippen molar-refractivity contribution in [1.82, 2.24) is 4.98 Å². The Labute approximate surface area is 149 Å². The molecule has 0 radical (unpaired) electrons. The molecule has 1 saturated heterocycles. The molecule has 0 spiro atoms. The number of aromatic nitrogens is 1. The van der Waals surface area contributed by atoms with Gasteiger partial charge in [-0.1, -0.05) is 37.3 Å². The number of halogens is 1. The number of hydrogen-bond donors (Lipinski definition) is 1. The SMILES string of the molecule is CON=C(CC1CCCCC1)c1csc(C2CC[NH2+]CC2)n1.[Cl-]. The summed E-state index contributed by atoms with van der Waals surface area (Å²) in [6.07, 6.45) is 10.3. The standard InChI is InChI=1S/C17H27N3OS.ClH/c1-21-20-15(11-13-5-3-2-4-6-13)16-12-22-17(19-16)14-7-9-18-10-8-14;/h12-14,18H,2-11H2,1H3;1H. The van der Waals surface area contributed by atoms with Crippen LogP contribution in [0.3, 0.4) is 0 Å². The van der Waals surface area contributed by atoms with E-state index in [1.54, 1.807) is 7.11 Å². The highest BCUT2D eigenvalue weighted by molar-refractivity contribution is 7.09. The van der Waals surface area contributed by atoms with Crippen molar-refractivity contribution in [3.8, 4) is 0 Å². The zero-order valence-corrected chi connectivity index (χ0v) is 15.5. The Kier molecular flexibility index (Phi) is 7.80. The van der Waals surface area contributed by atoms with E-state index in [1.165, 1.54) is 63.0 Å². The lowest BCUT2D eigenvalue weighted by atomic mass is 9.85. The highest BCUT2D eigenvalue weighted by atomic mass is 35.5. The van der Waals surface area contributed by atoms with Crippen LogP contribution in [-0.4, -0.2) is 30.9 Å². The topological polar surface area (TPSA) is 51.1 Å². The quantitative estimate of drug-likeness (QED) is 0.591. The Morgan fingerprint density at radius 1 is 1.26 bits per heavy atom. The minimum Gasteiger partial charge on any atom is -1.00 e. The second-order valence-corrected chi connectivity index (χ2v) is 7.53. The number of piperidine rings is 1. The van der Waals surface area contributed by atoms with E-state index in [4.69, 9.17) is 9.82 Å². The third-order valence-corrected chi connectivity index (χ3v) is 6.02. The average Bonchev–Trinajstić information content (AvgIpc) is 3.06. The van der Waals surface area contributed by atoms with E-state index in [9.17, 15) is 0 Å². The highest BCUT2D eigenvalue weighted by Gasteiger charge is 2.23. The van der Waals surface area contributed by atoms with Gasteiger partial charge in [-0.25, -0.2) is 4.98 Å². The van der Waals surface area contributed by atoms with Crippen LogP contribution in [0.15, 0.2) is 10.5 Å². The van der Waals surface area contributed by atoms with Gasteiger partial charge < -0.3 is 22.6 Å². The first-order valence-corrected chi connectivity index (χ1v) is 9.62. The summed E-state index contributed by atoms with van der Waals surface area (Å²) in [5, 5.41) is 10.2. The number of hydrogen-bond acceptors (Lipinski definition) is 4. The Bertz CT molecular complexity index is 494. The van der Waals surface area contributed by atoms with E-state index in [1.807, 2.05) is 11.3 Å². The molecule has 2 heterocycles. The zero-order valence-electron chi connectivity index (χ0n) is 14.0. The number of nitrogens with zero attached hydrogens (tertiary/aromatic N) is 2. The second kappa shape index (κ2) is 9.60. The maximum atomic E-state index is 5.10. The van der Waals surface area contributed by atoms with Crippen molar-refractivity contribution in [2.75, 3.05) is 20.2 Å². The van der Waals surface area contributed by atoms with Gasteiger partial charge in [0.2, 0.25) is 0 Å². The van der Waals surface area contributed by atoms with E-state index in [0.29, 0.717) is 5.92 Å². The molecule has 0 atom stereocenters. The molecule has 1 aromatic heterocycles. The molecule has 0 amide bonds. The van der Waals surface area contributed by atoms with Crippen LogP contribution in [-0.2, 0) is 4.84 Å². The molecule has 0 bridgehead atoms. The molecule has 1 saturated carbocycles. The van der Waals surface area contributed by atoms with Crippen molar-refractivity contribution in [2.24, 2.45) is 11.1 Å². The fourth-order valence-electron chi connectivity index (χ4n) is 3.74. The molecule has 130 valence electrons. The Hall–Kier alpha value is -0.650. The molecule has 2 fully saturated rings. The van der Waals surface area contributed by atoms with Gasteiger partial charge >= 0.3 is 0 Å². The molecule has 2 aliphatic rings. The van der Waals surface area contributed by atoms with Gasteiger partial charge in [0.25, 0.3) is 0 Å². The smallest absolute Gasteiger partial charge is 0.106 e. The number of quaternary nitrogens is 1. The van der Waals surface area contributed by atoms with Gasteiger partial charge in [0.1, 0.15) is 12.8 Å². The lowest BCUT2D eigenvalue weighted by Gasteiger charge is -2.21. The molecular weight excluding hydrogens is 330 g/mol. The van der Waals surface area contributed by atoms with E-state index >= 15 is 0 Å². The minimum absolute atomic E-state index is 0. The van der Waals surface area contributed by atoms with Gasteiger partial charge in [-0.3, -0.25) is 0 Å². The van der Waals surface area contributed by atoms with E-state index in [0.717, 1.165) is 23.7 Å². The van der Waals surface area contributed by atoms with Gasteiger partial charge in [0.15, 0.2) is 0 Å². The maximum absolute atomic E-state index is 5.10. The second-order valence-electron chi connectivity index (χ2n) is 6.64. The summed E-state index contributed by atoms with van der Waals surface area (Å²) < 4.78 is 0. The maximum Gasteiger partial charge on any atom is 0.106 e. The highest BCUT2D eigenvalue weighted by Crippen LogP contribution is 2.30. The predicted octanol–water partition coefficient (Wildman–Crippen LogP) is -0.0912. The Morgan fingerprint density at radius 2 is 2.00 bits per heavy atom. The van der Waals surface area contributed by atoms with E-state index < -0.39 is 0 Å². The first-order valence-electron chi connectivity index (χ1n) is 8.74. The van der Waals surface area contributed by atoms with Gasteiger partial charge in [-0.05, 0) is 12.3 Å². The normalized spacial score (nSPS) is 21.0. The molecule has 4 nitrogen and oxygen atoms in total. The summed E-state index contributed by atoms with van der Waals surface area (Å²) in [6.45, 7) is 2.47. The summed E-state index contributed by atoms with van der Waals surface area (Å²) in [6, 6.07) is 0. The van der Waals surface area contributed by atoms with Crippen molar-refractivity contribution >= 4 is 17.0 Å².